The average molecular weight is 339 g/mol. The summed E-state index contributed by atoms with van der Waals surface area (Å²) >= 11 is 6.38. The van der Waals surface area contributed by atoms with Crippen LogP contribution in [0.15, 0.2) is 71.3 Å². The van der Waals surface area contributed by atoms with Crippen molar-refractivity contribution in [2.75, 3.05) is 5.32 Å². The third-order valence-electron chi connectivity index (χ3n) is 4.13. The number of amides is 1. The van der Waals surface area contributed by atoms with E-state index in [9.17, 15) is 4.79 Å². The molecule has 0 bridgehead atoms. The highest BCUT2D eigenvalue weighted by Gasteiger charge is 2.34. The van der Waals surface area contributed by atoms with Gasteiger partial charge >= 0.3 is 0 Å². The second-order valence-electron chi connectivity index (χ2n) is 5.63. The summed E-state index contributed by atoms with van der Waals surface area (Å²) in [6.45, 7) is 0.364. The van der Waals surface area contributed by atoms with Crippen LogP contribution in [0.25, 0.3) is 0 Å². The number of benzene rings is 2. The highest BCUT2D eigenvalue weighted by Crippen LogP contribution is 2.36. The number of nitrogens with one attached hydrogen (secondary N) is 1. The minimum atomic E-state index is -0.355. The summed E-state index contributed by atoms with van der Waals surface area (Å²) in [6, 6.07) is 18.7. The number of hydrogen-bond donors (Lipinski definition) is 1. The van der Waals surface area contributed by atoms with Gasteiger partial charge in [-0.1, -0.05) is 41.9 Å². The summed E-state index contributed by atoms with van der Waals surface area (Å²) in [5.74, 6) is 0.673. The third kappa shape index (κ3) is 2.55. The molecule has 3 aromatic rings. The van der Waals surface area contributed by atoms with Gasteiger partial charge in [0, 0.05) is 16.3 Å². The normalized spacial score (nSPS) is 16.6. The number of carbonyl (C=O) groups is 1. The Bertz CT molecular complexity index is 877. The quantitative estimate of drug-likeness (QED) is 0.753. The van der Waals surface area contributed by atoms with Crippen LogP contribution in [0, 0.1) is 0 Å². The van der Waals surface area contributed by atoms with Crippen molar-refractivity contribution in [1.82, 2.24) is 4.90 Å². The fourth-order valence-electron chi connectivity index (χ4n) is 2.97. The number of halogens is 1. The zero-order valence-electron chi connectivity index (χ0n) is 12.8. The van der Waals surface area contributed by atoms with Crippen molar-refractivity contribution in [3.63, 3.8) is 0 Å². The van der Waals surface area contributed by atoms with E-state index in [4.69, 9.17) is 16.0 Å². The number of anilines is 1. The Balaban J connectivity index is 1.79. The zero-order chi connectivity index (χ0) is 16.5. The van der Waals surface area contributed by atoms with E-state index in [1.165, 1.54) is 0 Å². The highest BCUT2D eigenvalue weighted by molar-refractivity contribution is 6.31. The maximum atomic E-state index is 13.0. The third-order valence-corrected chi connectivity index (χ3v) is 4.47. The van der Waals surface area contributed by atoms with E-state index < -0.39 is 0 Å². The molecule has 1 atom stereocenters. The van der Waals surface area contributed by atoms with Crippen molar-refractivity contribution in [3.05, 3.63) is 88.8 Å². The standard InChI is InChI=1S/C19H15ClN2O2/c20-16-9-3-1-7-14(16)18-21-17-10-4-2-8-15(17)19(23)22(18)12-13-6-5-11-24-13/h1-11,18,21H,12H2/t18-/m1/s1. The molecule has 120 valence electrons. The van der Waals surface area contributed by atoms with Crippen molar-refractivity contribution in [3.8, 4) is 0 Å². The summed E-state index contributed by atoms with van der Waals surface area (Å²) in [7, 11) is 0. The van der Waals surface area contributed by atoms with Gasteiger partial charge in [-0.05, 0) is 30.3 Å². The molecule has 2 aromatic carbocycles. The van der Waals surface area contributed by atoms with E-state index in [1.807, 2.05) is 60.7 Å². The summed E-state index contributed by atoms with van der Waals surface area (Å²) in [5, 5.41) is 4.04. The molecule has 0 saturated heterocycles. The van der Waals surface area contributed by atoms with Crippen LogP contribution in [0.2, 0.25) is 5.02 Å². The lowest BCUT2D eigenvalue weighted by molar-refractivity contribution is 0.0651. The molecular weight excluding hydrogens is 324 g/mol. The van der Waals surface area contributed by atoms with Crippen LogP contribution in [-0.2, 0) is 6.54 Å². The van der Waals surface area contributed by atoms with E-state index in [0.29, 0.717) is 17.1 Å². The van der Waals surface area contributed by atoms with Crippen LogP contribution in [0.5, 0.6) is 0 Å². The summed E-state index contributed by atoms with van der Waals surface area (Å²) < 4.78 is 5.43. The second kappa shape index (κ2) is 6.06. The Morgan fingerprint density at radius 2 is 1.83 bits per heavy atom. The van der Waals surface area contributed by atoms with Crippen LogP contribution < -0.4 is 5.32 Å². The Hall–Kier alpha value is -2.72. The van der Waals surface area contributed by atoms with Gasteiger partial charge in [-0.3, -0.25) is 4.79 Å². The van der Waals surface area contributed by atoms with Crippen molar-refractivity contribution in [2.45, 2.75) is 12.7 Å². The first-order chi connectivity index (χ1) is 11.7. The Kier molecular flexibility index (Phi) is 3.75. The highest BCUT2D eigenvalue weighted by atomic mass is 35.5. The minimum Gasteiger partial charge on any atom is -0.467 e. The topological polar surface area (TPSA) is 45.5 Å². The van der Waals surface area contributed by atoms with Gasteiger partial charge in [-0.25, -0.2) is 0 Å². The lowest BCUT2D eigenvalue weighted by Crippen LogP contribution is -2.42. The molecule has 4 nitrogen and oxygen atoms in total. The Morgan fingerprint density at radius 3 is 2.62 bits per heavy atom. The van der Waals surface area contributed by atoms with Gasteiger partial charge in [0.25, 0.3) is 5.91 Å². The molecule has 1 aliphatic heterocycles. The number of furan rings is 1. The summed E-state index contributed by atoms with van der Waals surface area (Å²) in [5.41, 5.74) is 2.31. The number of rotatable bonds is 3. The molecule has 1 aliphatic rings. The van der Waals surface area contributed by atoms with Gasteiger partial charge in [-0.2, -0.15) is 0 Å². The predicted octanol–water partition coefficient (Wildman–Crippen LogP) is 4.70. The SMILES string of the molecule is O=C1c2ccccc2N[C@@H](c2ccccc2Cl)N1Cc1ccco1. The number of carbonyl (C=O) groups excluding carboxylic acids is 1. The van der Waals surface area contributed by atoms with Crippen molar-refractivity contribution < 1.29 is 9.21 Å². The first-order valence-electron chi connectivity index (χ1n) is 7.67. The molecule has 1 N–H and O–H groups in total. The number of para-hydroxylation sites is 1. The predicted molar refractivity (Wildman–Crippen MR) is 92.8 cm³/mol. The molecule has 0 aliphatic carbocycles. The van der Waals surface area contributed by atoms with Crippen LogP contribution in [-0.4, -0.2) is 10.8 Å². The molecule has 0 spiro atoms. The molecule has 5 heteroatoms. The Morgan fingerprint density at radius 1 is 1.04 bits per heavy atom. The molecule has 24 heavy (non-hydrogen) atoms. The van der Waals surface area contributed by atoms with E-state index in [1.54, 1.807) is 11.2 Å². The first kappa shape index (κ1) is 14.8. The second-order valence-corrected chi connectivity index (χ2v) is 6.03. The molecule has 0 radical (unpaired) electrons. The van der Waals surface area contributed by atoms with E-state index >= 15 is 0 Å². The zero-order valence-corrected chi connectivity index (χ0v) is 13.5. The van der Waals surface area contributed by atoms with Gasteiger partial charge in [-0.15, -0.1) is 0 Å². The molecule has 0 saturated carbocycles. The number of hydrogen-bond acceptors (Lipinski definition) is 3. The van der Waals surface area contributed by atoms with Crippen molar-refractivity contribution in [1.29, 1.82) is 0 Å². The van der Waals surface area contributed by atoms with Crippen LogP contribution in [0.1, 0.15) is 27.8 Å². The van der Waals surface area contributed by atoms with Crippen LogP contribution in [0.3, 0.4) is 0 Å². The summed E-state index contributed by atoms with van der Waals surface area (Å²) in [6.07, 6.45) is 1.25. The molecule has 0 unspecified atom stereocenters. The van der Waals surface area contributed by atoms with Gasteiger partial charge in [0.15, 0.2) is 0 Å². The molecule has 0 fully saturated rings. The fraction of sp³-hybridized carbons (Fsp3) is 0.105. The van der Waals surface area contributed by atoms with Gasteiger partial charge < -0.3 is 14.6 Å². The van der Waals surface area contributed by atoms with Gasteiger partial charge in [0.1, 0.15) is 11.9 Å². The molecule has 1 amide bonds. The monoisotopic (exact) mass is 338 g/mol. The fourth-order valence-corrected chi connectivity index (χ4v) is 3.21. The smallest absolute Gasteiger partial charge is 0.258 e. The van der Waals surface area contributed by atoms with Crippen molar-refractivity contribution in [2.24, 2.45) is 0 Å². The Labute approximate surface area is 144 Å². The van der Waals surface area contributed by atoms with E-state index in [-0.39, 0.29) is 12.1 Å². The van der Waals surface area contributed by atoms with E-state index in [2.05, 4.69) is 5.32 Å². The van der Waals surface area contributed by atoms with Crippen LogP contribution in [0.4, 0.5) is 5.69 Å². The summed E-state index contributed by atoms with van der Waals surface area (Å²) in [4.78, 5) is 14.8. The maximum absolute atomic E-state index is 13.0. The number of nitrogens with zero attached hydrogens (tertiary/aromatic N) is 1. The maximum Gasteiger partial charge on any atom is 0.258 e. The molecule has 2 heterocycles. The lowest BCUT2D eigenvalue weighted by atomic mass is 10.0. The van der Waals surface area contributed by atoms with Crippen molar-refractivity contribution >= 4 is 23.2 Å². The average Bonchev–Trinajstić information content (AvgIpc) is 3.11. The van der Waals surface area contributed by atoms with Crippen LogP contribution >= 0.6 is 11.6 Å². The minimum absolute atomic E-state index is 0.0503. The molecule has 1 aromatic heterocycles. The van der Waals surface area contributed by atoms with E-state index in [0.717, 1.165) is 17.0 Å². The van der Waals surface area contributed by atoms with Gasteiger partial charge in [0.2, 0.25) is 0 Å². The number of fused-ring (bicyclic) bond motifs is 1. The van der Waals surface area contributed by atoms with Gasteiger partial charge in [0.05, 0.1) is 18.4 Å². The lowest BCUT2D eigenvalue weighted by Gasteiger charge is -2.38. The first-order valence-corrected chi connectivity index (χ1v) is 8.05. The molecular formula is C19H15ClN2O2. The molecule has 4 rings (SSSR count). The largest absolute Gasteiger partial charge is 0.467 e.